The van der Waals surface area contributed by atoms with Crippen LogP contribution < -0.4 is 9.47 Å². The maximum Gasteiger partial charge on any atom is 0.420 e. The van der Waals surface area contributed by atoms with Crippen molar-refractivity contribution in [3.63, 3.8) is 0 Å². The summed E-state index contributed by atoms with van der Waals surface area (Å²) in [5.74, 6) is -0.809. The molecule has 15 heavy (non-hydrogen) atoms. The van der Waals surface area contributed by atoms with Gasteiger partial charge < -0.3 is 9.47 Å². The third-order valence-electron chi connectivity index (χ3n) is 1.76. The topological polar surface area (TPSA) is 18.5 Å². The van der Waals surface area contributed by atoms with Gasteiger partial charge in [-0.25, -0.2) is 0 Å². The minimum Gasteiger partial charge on any atom is -0.455 e. The number of ether oxygens (including phenoxy) is 2. The summed E-state index contributed by atoms with van der Waals surface area (Å²) in [6.45, 7) is 0. The molecule has 0 fully saturated rings. The highest BCUT2D eigenvalue weighted by Gasteiger charge is 2.37. The SMILES string of the molecule is FC1=COc2cccc(C(F)(F)F)c2O1. The van der Waals surface area contributed by atoms with Crippen molar-refractivity contribution in [2.24, 2.45) is 0 Å². The summed E-state index contributed by atoms with van der Waals surface area (Å²) in [7, 11) is 0. The number of hydrogen-bond donors (Lipinski definition) is 0. The number of hydrogen-bond acceptors (Lipinski definition) is 2. The Balaban J connectivity index is 2.53. The first-order valence-electron chi connectivity index (χ1n) is 3.89. The molecule has 1 aliphatic heterocycles. The molecule has 0 spiro atoms. The van der Waals surface area contributed by atoms with E-state index in [0.717, 1.165) is 12.1 Å². The van der Waals surface area contributed by atoms with Gasteiger partial charge in [0.05, 0.1) is 0 Å². The van der Waals surface area contributed by atoms with E-state index in [1.54, 1.807) is 0 Å². The quantitative estimate of drug-likeness (QED) is 0.625. The van der Waals surface area contributed by atoms with Crippen LogP contribution in [-0.4, -0.2) is 0 Å². The summed E-state index contributed by atoms with van der Waals surface area (Å²) in [6, 6.07) is 2.00. The van der Waals surface area contributed by atoms with Crippen LogP contribution in [-0.2, 0) is 6.18 Å². The minimum absolute atomic E-state index is 0.161. The summed E-state index contributed by atoms with van der Waals surface area (Å²) in [4.78, 5) is 0. The van der Waals surface area contributed by atoms with Gasteiger partial charge in [0.2, 0.25) is 0 Å². The highest BCUT2D eigenvalue weighted by Crippen LogP contribution is 2.43. The van der Waals surface area contributed by atoms with Crippen LogP contribution in [0.2, 0.25) is 0 Å². The lowest BCUT2D eigenvalue weighted by atomic mass is 10.1. The number of benzene rings is 1. The second-order valence-corrected chi connectivity index (χ2v) is 2.77. The number of fused-ring (bicyclic) bond motifs is 1. The fraction of sp³-hybridized carbons (Fsp3) is 0.111. The molecule has 0 saturated heterocycles. The van der Waals surface area contributed by atoms with Gasteiger partial charge in [-0.3, -0.25) is 0 Å². The highest BCUT2D eigenvalue weighted by atomic mass is 19.4. The van der Waals surface area contributed by atoms with E-state index in [-0.39, 0.29) is 5.75 Å². The van der Waals surface area contributed by atoms with Crippen molar-refractivity contribution in [3.8, 4) is 11.5 Å². The number of rotatable bonds is 0. The summed E-state index contributed by atoms with van der Waals surface area (Å²) in [5.41, 5.74) is -1.07. The fourth-order valence-corrected chi connectivity index (χ4v) is 1.17. The molecule has 0 unspecified atom stereocenters. The van der Waals surface area contributed by atoms with Crippen molar-refractivity contribution in [2.75, 3.05) is 0 Å². The first-order chi connectivity index (χ1) is 6.98. The van der Waals surface area contributed by atoms with Crippen LogP contribution in [0, 0.1) is 0 Å². The van der Waals surface area contributed by atoms with Crippen LogP contribution in [0.3, 0.4) is 0 Å². The van der Waals surface area contributed by atoms with Gasteiger partial charge in [-0.2, -0.15) is 17.6 Å². The summed E-state index contributed by atoms with van der Waals surface area (Å²) >= 11 is 0. The Kier molecular flexibility index (Phi) is 2.06. The van der Waals surface area contributed by atoms with Crippen molar-refractivity contribution in [2.45, 2.75) is 6.18 Å². The molecule has 1 aliphatic rings. The molecule has 0 atom stereocenters. The van der Waals surface area contributed by atoms with Gasteiger partial charge >= 0.3 is 12.2 Å². The van der Waals surface area contributed by atoms with Crippen molar-refractivity contribution < 1.29 is 27.0 Å². The summed E-state index contributed by atoms with van der Waals surface area (Å²) in [5, 5.41) is 0. The zero-order valence-electron chi connectivity index (χ0n) is 7.14. The molecule has 80 valence electrons. The molecular weight excluding hydrogens is 216 g/mol. The molecule has 0 bridgehead atoms. The lowest BCUT2D eigenvalue weighted by molar-refractivity contribution is -0.139. The number of alkyl halides is 3. The molecular formula is C9H4F4O2. The Morgan fingerprint density at radius 2 is 1.87 bits per heavy atom. The van der Waals surface area contributed by atoms with Crippen molar-refractivity contribution in [1.29, 1.82) is 0 Å². The van der Waals surface area contributed by atoms with E-state index in [1.807, 2.05) is 0 Å². The first kappa shape index (κ1) is 9.82. The number of halogens is 4. The molecule has 2 rings (SSSR count). The normalized spacial score (nSPS) is 14.8. The smallest absolute Gasteiger partial charge is 0.420 e. The molecule has 0 radical (unpaired) electrons. The molecule has 0 aliphatic carbocycles. The average Bonchev–Trinajstić information content (AvgIpc) is 2.15. The van der Waals surface area contributed by atoms with E-state index in [0.29, 0.717) is 6.26 Å². The standard InChI is InChI=1S/C9H4F4O2/c10-7-4-14-6-3-1-2-5(8(6)15-7)9(11,12)13/h1-4H. The Labute approximate surface area is 81.7 Å². The predicted molar refractivity (Wildman–Crippen MR) is 41.9 cm³/mol. The van der Waals surface area contributed by atoms with Crippen molar-refractivity contribution >= 4 is 0 Å². The summed E-state index contributed by atoms with van der Waals surface area (Å²) < 4.78 is 58.8. The van der Waals surface area contributed by atoms with Crippen molar-refractivity contribution in [1.82, 2.24) is 0 Å². The van der Waals surface area contributed by atoms with Gasteiger partial charge in [-0.05, 0) is 12.1 Å². The van der Waals surface area contributed by atoms with Gasteiger partial charge in [0.15, 0.2) is 17.8 Å². The largest absolute Gasteiger partial charge is 0.455 e. The maximum atomic E-state index is 12.6. The lowest BCUT2D eigenvalue weighted by Gasteiger charge is -2.18. The molecule has 0 saturated carbocycles. The molecule has 0 N–H and O–H groups in total. The zero-order valence-corrected chi connectivity index (χ0v) is 7.14. The minimum atomic E-state index is -4.60. The van der Waals surface area contributed by atoms with E-state index in [9.17, 15) is 17.6 Å². The first-order valence-corrected chi connectivity index (χ1v) is 3.89. The molecule has 6 heteroatoms. The van der Waals surface area contributed by atoms with E-state index in [1.165, 1.54) is 6.07 Å². The maximum absolute atomic E-state index is 12.6. The van der Waals surface area contributed by atoms with E-state index in [4.69, 9.17) is 0 Å². The second-order valence-electron chi connectivity index (χ2n) is 2.77. The monoisotopic (exact) mass is 220 g/mol. The predicted octanol–water partition coefficient (Wildman–Crippen LogP) is 3.25. The molecule has 1 aromatic carbocycles. The van der Waals surface area contributed by atoms with E-state index < -0.39 is 23.5 Å². The lowest BCUT2D eigenvalue weighted by Crippen LogP contribution is -2.11. The van der Waals surface area contributed by atoms with Gasteiger partial charge in [0.25, 0.3) is 0 Å². The van der Waals surface area contributed by atoms with Crippen LogP contribution in [0.25, 0.3) is 0 Å². The van der Waals surface area contributed by atoms with E-state index >= 15 is 0 Å². The Morgan fingerprint density at radius 1 is 1.13 bits per heavy atom. The fourth-order valence-electron chi connectivity index (χ4n) is 1.17. The van der Waals surface area contributed by atoms with Gasteiger partial charge in [-0.1, -0.05) is 6.07 Å². The zero-order chi connectivity index (χ0) is 11.1. The van der Waals surface area contributed by atoms with Crippen molar-refractivity contribution in [3.05, 3.63) is 36.0 Å². The van der Waals surface area contributed by atoms with E-state index in [2.05, 4.69) is 9.47 Å². The van der Waals surface area contributed by atoms with Crippen LogP contribution in [0.15, 0.2) is 30.5 Å². The van der Waals surface area contributed by atoms with Crippen LogP contribution in [0.4, 0.5) is 17.6 Å². The van der Waals surface area contributed by atoms with Crippen LogP contribution in [0.1, 0.15) is 5.56 Å². The van der Waals surface area contributed by atoms with Gasteiger partial charge in [-0.15, -0.1) is 0 Å². The van der Waals surface area contributed by atoms with Crippen LogP contribution in [0.5, 0.6) is 11.5 Å². The average molecular weight is 220 g/mol. The molecule has 2 nitrogen and oxygen atoms in total. The Morgan fingerprint density at radius 3 is 2.53 bits per heavy atom. The van der Waals surface area contributed by atoms with Crippen LogP contribution >= 0.6 is 0 Å². The second kappa shape index (κ2) is 3.15. The molecule has 0 aromatic heterocycles. The Bertz CT molecular complexity index is 423. The van der Waals surface area contributed by atoms with Gasteiger partial charge in [0.1, 0.15) is 5.56 Å². The Hall–Kier alpha value is -1.72. The third kappa shape index (κ3) is 1.74. The third-order valence-corrected chi connectivity index (χ3v) is 1.76. The summed E-state index contributed by atoms with van der Waals surface area (Å²) in [6.07, 6.45) is -4.01. The number of para-hydroxylation sites is 1. The van der Waals surface area contributed by atoms with Gasteiger partial charge in [0, 0.05) is 0 Å². The molecule has 1 heterocycles. The molecule has 1 aromatic rings. The molecule has 0 amide bonds. The highest BCUT2D eigenvalue weighted by molar-refractivity contribution is 5.50.